The van der Waals surface area contributed by atoms with E-state index in [1.165, 1.54) is 0 Å². The van der Waals surface area contributed by atoms with Crippen LogP contribution in [0.15, 0.2) is 47.1 Å². The topological polar surface area (TPSA) is 60.1 Å². The molecule has 20 heavy (non-hydrogen) atoms. The average Bonchev–Trinajstić information content (AvgIpc) is 3.07. The number of hydrogen-bond acceptors (Lipinski definition) is 3. The largest absolute Gasteiger partial charge is 0.467 e. The fourth-order valence-electron chi connectivity index (χ4n) is 2.20. The van der Waals surface area contributed by atoms with Gasteiger partial charge in [-0.15, -0.1) is 0 Å². The Hall–Kier alpha value is -2.56. The van der Waals surface area contributed by atoms with Crippen molar-refractivity contribution in [2.45, 2.75) is 20.0 Å². The molecule has 0 unspecified atom stereocenters. The molecule has 0 atom stereocenters. The van der Waals surface area contributed by atoms with Crippen molar-refractivity contribution in [2.24, 2.45) is 0 Å². The van der Waals surface area contributed by atoms with E-state index >= 15 is 0 Å². The van der Waals surface area contributed by atoms with Crippen LogP contribution in [0.25, 0.3) is 10.9 Å². The summed E-state index contributed by atoms with van der Waals surface area (Å²) >= 11 is 0. The number of rotatable bonds is 4. The highest BCUT2D eigenvalue weighted by Gasteiger charge is 2.10. The van der Waals surface area contributed by atoms with Gasteiger partial charge in [0.2, 0.25) is 5.91 Å². The molecule has 0 bridgehead atoms. The number of carbonyl (C=O) groups is 1. The zero-order valence-electron chi connectivity index (χ0n) is 11.2. The lowest BCUT2D eigenvalue weighted by Crippen LogP contribution is -2.27. The van der Waals surface area contributed by atoms with Crippen LogP contribution >= 0.6 is 0 Å². The fraction of sp³-hybridized carbons (Fsp3) is 0.200. The predicted molar refractivity (Wildman–Crippen MR) is 75.0 cm³/mol. The van der Waals surface area contributed by atoms with E-state index in [2.05, 4.69) is 10.4 Å². The van der Waals surface area contributed by atoms with Crippen LogP contribution in [0.4, 0.5) is 0 Å². The number of nitrogens with one attached hydrogen (secondary N) is 1. The van der Waals surface area contributed by atoms with E-state index in [1.807, 2.05) is 37.3 Å². The highest BCUT2D eigenvalue weighted by atomic mass is 16.3. The normalized spacial score (nSPS) is 10.8. The van der Waals surface area contributed by atoms with E-state index in [0.29, 0.717) is 6.54 Å². The SMILES string of the molecule is Cc1nn(CC(=O)NCc2ccco2)c2ccccc12. The number of fused-ring (bicyclic) bond motifs is 1. The van der Waals surface area contributed by atoms with Crippen molar-refractivity contribution in [3.63, 3.8) is 0 Å². The molecule has 0 saturated heterocycles. The van der Waals surface area contributed by atoms with Gasteiger partial charge >= 0.3 is 0 Å². The number of hydrogen-bond donors (Lipinski definition) is 1. The van der Waals surface area contributed by atoms with Crippen LogP contribution in [-0.2, 0) is 17.9 Å². The van der Waals surface area contributed by atoms with Gasteiger partial charge in [0.05, 0.1) is 24.0 Å². The lowest BCUT2D eigenvalue weighted by atomic mass is 10.2. The Kier molecular flexibility index (Phi) is 3.25. The number of benzene rings is 1. The molecule has 1 aromatic carbocycles. The van der Waals surface area contributed by atoms with Crippen molar-refractivity contribution in [1.82, 2.24) is 15.1 Å². The molecule has 102 valence electrons. The predicted octanol–water partition coefficient (Wildman–Crippen LogP) is 2.25. The molecule has 0 fully saturated rings. The van der Waals surface area contributed by atoms with Crippen LogP contribution in [0.5, 0.6) is 0 Å². The minimum atomic E-state index is -0.0883. The molecule has 1 N–H and O–H groups in total. The van der Waals surface area contributed by atoms with Crippen LogP contribution in [0.1, 0.15) is 11.5 Å². The number of aromatic nitrogens is 2. The second-order valence-corrected chi connectivity index (χ2v) is 4.62. The number of amides is 1. The van der Waals surface area contributed by atoms with Crippen LogP contribution in [0, 0.1) is 6.92 Å². The Morgan fingerprint density at radius 3 is 2.95 bits per heavy atom. The monoisotopic (exact) mass is 269 g/mol. The Morgan fingerprint density at radius 2 is 2.15 bits per heavy atom. The molecule has 3 rings (SSSR count). The molecule has 5 heteroatoms. The molecule has 0 spiro atoms. The Balaban J connectivity index is 1.71. The quantitative estimate of drug-likeness (QED) is 0.790. The van der Waals surface area contributed by atoms with Crippen molar-refractivity contribution in [2.75, 3.05) is 0 Å². The molecule has 0 saturated carbocycles. The summed E-state index contributed by atoms with van der Waals surface area (Å²) in [6.07, 6.45) is 1.59. The van der Waals surface area contributed by atoms with E-state index in [9.17, 15) is 4.79 Å². The van der Waals surface area contributed by atoms with Gasteiger partial charge in [0, 0.05) is 5.39 Å². The number of aryl methyl sites for hydroxylation is 1. The zero-order chi connectivity index (χ0) is 13.9. The maximum atomic E-state index is 11.9. The van der Waals surface area contributed by atoms with Gasteiger partial charge in [-0.25, -0.2) is 0 Å². The summed E-state index contributed by atoms with van der Waals surface area (Å²) in [6.45, 7) is 2.54. The molecule has 0 radical (unpaired) electrons. The molecule has 2 heterocycles. The summed E-state index contributed by atoms with van der Waals surface area (Å²) in [4.78, 5) is 11.9. The van der Waals surface area contributed by atoms with Crippen molar-refractivity contribution in [1.29, 1.82) is 0 Å². The van der Waals surface area contributed by atoms with Crippen molar-refractivity contribution in [3.05, 3.63) is 54.1 Å². The van der Waals surface area contributed by atoms with Gasteiger partial charge in [0.15, 0.2) is 0 Å². The lowest BCUT2D eigenvalue weighted by Gasteiger charge is -2.04. The molecule has 1 amide bonds. The fourth-order valence-corrected chi connectivity index (χ4v) is 2.20. The number of furan rings is 1. The first-order valence-corrected chi connectivity index (χ1v) is 6.45. The lowest BCUT2D eigenvalue weighted by molar-refractivity contribution is -0.122. The van der Waals surface area contributed by atoms with E-state index < -0.39 is 0 Å². The summed E-state index contributed by atoms with van der Waals surface area (Å²) < 4.78 is 6.90. The smallest absolute Gasteiger partial charge is 0.242 e. The van der Waals surface area contributed by atoms with E-state index in [0.717, 1.165) is 22.4 Å². The van der Waals surface area contributed by atoms with Gasteiger partial charge in [0.25, 0.3) is 0 Å². The molecule has 5 nitrogen and oxygen atoms in total. The van der Waals surface area contributed by atoms with Gasteiger partial charge in [0.1, 0.15) is 12.3 Å². The van der Waals surface area contributed by atoms with Crippen LogP contribution in [0.2, 0.25) is 0 Å². The van der Waals surface area contributed by atoms with Gasteiger partial charge < -0.3 is 9.73 Å². The third kappa shape index (κ3) is 2.42. The van der Waals surface area contributed by atoms with Gasteiger partial charge in [-0.1, -0.05) is 18.2 Å². The third-order valence-corrected chi connectivity index (χ3v) is 3.18. The highest BCUT2D eigenvalue weighted by Crippen LogP contribution is 2.17. The minimum Gasteiger partial charge on any atom is -0.467 e. The Labute approximate surface area is 116 Å². The summed E-state index contributed by atoms with van der Waals surface area (Å²) in [5.41, 5.74) is 1.90. The second kappa shape index (κ2) is 5.21. The molecular weight excluding hydrogens is 254 g/mol. The summed E-state index contributed by atoms with van der Waals surface area (Å²) in [5, 5.41) is 8.30. The van der Waals surface area contributed by atoms with Crippen LogP contribution < -0.4 is 5.32 Å². The number of carbonyl (C=O) groups excluding carboxylic acids is 1. The summed E-state index contributed by atoms with van der Waals surface area (Å²) in [6, 6.07) is 11.5. The molecule has 0 aliphatic heterocycles. The van der Waals surface area contributed by atoms with Crippen molar-refractivity contribution in [3.8, 4) is 0 Å². The summed E-state index contributed by atoms with van der Waals surface area (Å²) in [7, 11) is 0. The maximum Gasteiger partial charge on any atom is 0.242 e. The van der Waals surface area contributed by atoms with Gasteiger partial charge in [-0.05, 0) is 25.1 Å². The Bertz CT molecular complexity index is 729. The molecule has 0 aliphatic carbocycles. The van der Waals surface area contributed by atoms with Crippen molar-refractivity contribution < 1.29 is 9.21 Å². The van der Waals surface area contributed by atoms with Crippen LogP contribution in [0.3, 0.4) is 0 Å². The first kappa shape index (κ1) is 12.5. The van der Waals surface area contributed by atoms with Gasteiger partial charge in [-0.3, -0.25) is 9.48 Å². The standard InChI is InChI=1S/C15H15N3O2/c1-11-13-6-2-3-7-14(13)18(17-11)10-15(19)16-9-12-5-4-8-20-12/h2-8H,9-10H2,1H3,(H,16,19). The average molecular weight is 269 g/mol. The zero-order valence-corrected chi connectivity index (χ0v) is 11.2. The maximum absolute atomic E-state index is 11.9. The molecule has 0 aliphatic rings. The van der Waals surface area contributed by atoms with E-state index in [4.69, 9.17) is 4.42 Å². The molecule has 2 aromatic heterocycles. The Morgan fingerprint density at radius 1 is 1.30 bits per heavy atom. The van der Waals surface area contributed by atoms with E-state index in [1.54, 1.807) is 17.0 Å². The third-order valence-electron chi connectivity index (χ3n) is 3.18. The molecular formula is C15H15N3O2. The molecule has 3 aromatic rings. The van der Waals surface area contributed by atoms with E-state index in [-0.39, 0.29) is 12.5 Å². The first-order chi connectivity index (χ1) is 9.74. The van der Waals surface area contributed by atoms with Crippen molar-refractivity contribution >= 4 is 16.8 Å². The second-order valence-electron chi connectivity index (χ2n) is 4.62. The first-order valence-electron chi connectivity index (χ1n) is 6.45. The highest BCUT2D eigenvalue weighted by molar-refractivity contribution is 5.84. The number of nitrogens with zero attached hydrogens (tertiary/aromatic N) is 2. The van der Waals surface area contributed by atoms with Crippen LogP contribution in [-0.4, -0.2) is 15.7 Å². The minimum absolute atomic E-state index is 0.0883. The summed E-state index contributed by atoms with van der Waals surface area (Å²) in [5.74, 6) is 0.648. The van der Waals surface area contributed by atoms with Gasteiger partial charge in [-0.2, -0.15) is 5.10 Å². The number of para-hydroxylation sites is 1.